The second kappa shape index (κ2) is 8.82. The molecule has 0 saturated carbocycles. The van der Waals surface area contributed by atoms with Crippen molar-refractivity contribution in [2.24, 2.45) is 11.8 Å². The van der Waals surface area contributed by atoms with Gasteiger partial charge < -0.3 is 14.8 Å². The number of phenols is 1. The van der Waals surface area contributed by atoms with E-state index in [-0.39, 0.29) is 11.8 Å². The van der Waals surface area contributed by atoms with E-state index in [1.807, 2.05) is 12.1 Å². The highest BCUT2D eigenvalue weighted by atomic mass is 16.3. The normalized spacial score (nSPS) is 23.5. The van der Waals surface area contributed by atoms with Gasteiger partial charge in [-0.3, -0.25) is 0 Å². The van der Waals surface area contributed by atoms with Gasteiger partial charge in [0, 0.05) is 30.6 Å². The average molecular weight is 426 g/mol. The van der Waals surface area contributed by atoms with E-state index in [1.165, 1.54) is 27.9 Å². The second-order valence-electron chi connectivity index (χ2n) is 9.53. The van der Waals surface area contributed by atoms with E-state index in [9.17, 15) is 9.90 Å². The van der Waals surface area contributed by atoms with Crippen LogP contribution in [0.5, 0.6) is 5.75 Å². The third-order valence-corrected chi connectivity index (χ3v) is 7.51. The minimum atomic E-state index is 0.216. The second-order valence-corrected chi connectivity index (χ2v) is 9.53. The molecule has 164 valence electrons. The lowest BCUT2D eigenvalue weighted by Gasteiger charge is -2.39. The van der Waals surface area contributed by atoms with Crippen molar-refractivity contribution in [2.75, 3.05) is 18.0 Å². The average Bonchev–Trinajstić information content (AvgIpc) is 2.84. The summed E-state index contributed by atoms with van der Waals surface area (Å²) < 4.78 is 0. The van der Waals surface area contributed by atoms with Crippen molar-refractivity contribution < 1.29 is 9.90 Å². The van der Waals surface area contributed by atoms with E-state index >= 15 is 0 Å². The summed E-state index contributed by atoms with van der Waals surface area (Å²) in [7, 11) is 0. The van der Waals surface area contributed by atoms with Gasteiger partial charge in [-0.25, -0.2) is 0 Å². The molecule has 1 N–H and O–H groups in total. The highest BCUT2D eigenvalue weighted by Gasteiger charge is 2.36. The van der Waals surface area contributed by atoms with Crippen LogP contribution in [0.2, 0.25) is 0 Å². The molecule has 1 aliphatic carbocycles. The molecule has 0 bridgehead atoms. The summed E-state index contributed by atoms with van der Waals surface area (Å²) in [6, 6.07) is 25.8. The summed E-state index contributed by atoms with van der Waals surface area (Å²) in [5.74, 6) is 1.68. The van der Waals surface area contributed by atoms with E-state index in [4.69, 9.17) is 0 Å². The maximum absolute atomic E-state index is 11.1. The highest BCUT2D eigenvalue weighted by molar-refractivity contribution is 5.56. The maximum atomic E-state index is 11.1. The Kier molecular flexibility index (Phi) is 5.73. The molecule has 0 radical (unpaired) electrons. The number of carbonyl (C=O) groups is 1. The van der Waals surface area contributed by atoms with Crippen molar-refractivity contribution in [3.05, 3.63) is 95.1 Å². The first-order valence-electron chi connectivity index (χ1n) is 11.8. The Morgan fingerprint density at radius 2 is 1.62 bits per heavy atom. The number of rotatable bonds is 4. The van der Waals surface area contributed by atoms with E-state index < -0.39 is 0 Å². The van der Waals surface area contributed by atoms with Gasteiger partial charge >= 0.3 is 0 Å². The Balaban J connectivity index is 1.51. The van der Waals surface area contributed by atoms with Gasteiger partial charge in [0.1, 0.15) is 12.0 Å². The lowest BCUT2D eigenvalue weighted by Crippen LogP contribution is -2.34. The third-order valence-electron chi connectivity index (χ3n) is 7.51. The number of benzene rings is 3. The predicted octanol–water partition coefficient (Wildman–Crippen LogP) is 5.92. The molecule has 5 rings (SSSR count). The zero-order valence-corrected chi connectivity index (χ0v) is 18.7. The maximum Gasteiger partial charge on any atom is 0.123 e. The molecule has 1 aliphatic heterocycles. The Hall–Kier alpha value is -3.07. The Bertz CT molecular complexity index is 1070. The van der Waals surface area contributed by atoms with Crippen LogP contribution < -0.4 is 4.90 Å². The molecule has 3 aromatic rings. The Morgan fingerprint density at radius 3 is 2.31 bits per heavy atom. The fraction of sp³-hybridized carbons (Fsp3) is 0.345. The summed E-state index contributed by atoms with van der Waals surface area (Å²) in [4.78, 5) is 13.5. The van der Waals surface area contributed by atoms with Gasteiger partial charge in [-0.05, 0) is 77.6 Å². The number of anilines is 1. The quantitative estimate of drug-likeness (QED) is 0.528. The first-order chi connectivity index (χ1) is 15.6. The van der Waals surface area contributed by atoms with Crippen molar-refractivity contribution >= 4 is 12.0 Å². The van der Waals surface area contributed by atoms with Crippen LogP contribution in [0.25, 0.3) is 0 Å². The number of aromatic hydroxyl groups is 1. The van der Waals surface area contributed by atoms with Crippen LogP contribution in [0, 0.1) is 11.8 Å². The molecule has 32 heavy (non-hydrogen) atoms. The molecule has 1 heterocycles. The van der Waals surface area contributed by atoms with Gasteiger partial charge in [-0.1, -0.05) is 55.5 Å². The predicted molar refractivity (Wildman–Crippen MR) is 129 cm³/mol. The monoisotopic (exact) mass is 425 g/mol. The zero-order chi connectivity index (χ0) is 22.1. The number of carbonyl (C=O) groups excluding carboxylic acids is 1. The largest absolute Gasteiger partial charge is 0.508 e. The van der Waals surface area contributed by atoms with Crippen LogP contribution in [0.15, 0.2) is 72.8 Å². The van der Waals surface area contributed by atoms with E-state index in [0.717, 1.165) is 38.6 Å². The van der Waals surface area contributed by atoms with Crippen LogP contribution in [0.3, 0.4) is 0 Å². The summed E-state index contributed by atoms with van der Waals surface area (Å²) in [5, 5.41) is 10.1. The lowest BCUT2D eigenvalue weighted by atomic mass is 9.64. The molecule has 0 unspecified atom stereocenters. The molecule has 3 heteroatoms. The summed E-state index contributed by atoms with van der Waals surface area (Å²) in [5.41, 5.74) is 6.53. The van der Waals surface area contributed by atoms with Crippen molar-refractivity contribution in [2.45, 2.75) is 38.0 Å². The van der Waals surface area contributed by atoms with Crippen molar-refractivity contribution in [3.8, 4) is 5.75 Å². The Morgan fingerprint density at radius 1 is 0.906 bits per heavy atom. The molecule has 1 fully saturated rings. The van der Waals surface area contributed by atoms with E-state index in [1.54, 1.807) is 0 Å². The smallest absolute Gasteiger partial charge is 0.123 e. The Labute approximate surface area is 190 Å². The number of aldehydes is 1. The molecule has 2 aliphatic rings. The van der Waals surface area contributed by atoms with E-state index in [2.05, 4.69) is 72.5 Å². The van der Waals surface area contributed by atoms with Crippen LogP contribution in [-0.4, -0.2) is 24.5 Å². The summed E-state index contributed by atoms with van der Waals surface area (Å²) >= 11 is 0. The number of nitrogens with zero attached hydrogens (tertiary/aromatic N) is 1. The minimum absolute atomic E-state index is 0.216. The van der Waals surface area contributed by atoms with Gasteiger partial charge in [0.25, 0.3) is 0 Å². The number of piperidine rings is 1. The molecule has 3 atom stereocenters. The van der Waals surface area contributed by atoms with Crippen molar-refractivity contribution in [1.82, 2.24) is 0 Å². The SMILES string of the molecule is C[C@H]1Cc2cc(O)ccc2[C@@H](c2ccc(N3CCC(C=O)CC3)cc2)[C@H]1c1ccccc1. The molecule has 0 aromatic heterocycles. The fourth-order valence-corrected chi connectivity index (χ4v) is 5.84. The molecule has 1 saturated heterocycles. The lowest BCUT2D eigenvalue weighted by molar-refractivity contribution is -0.111. The summed E-state index contributed by atoms with van der Waals surface area (Å²) in [6.07, 6.45) is 3.98. The third kappa shape index (κ3) is 3.92. The van der Waals surface area contributed by atoms with Gasteiger partial charge in [-0.15, -0.1) is 0 Å². The minimum Gasteiger partial charge on any atom is -0.508 e. The van der Waals surface area contributed by atoms with Crippen LogP contribution >= 0.6 is 0 Å². The first-order valence-corrected chi connectivity index (χ1v) is 11.8. The standard InChI is InChI=1S/C29H31NO2/c1-20-17-24-18-26(32)11-12-27(24)29(28(20)22-5-3-2-4-6-22)23-7-9-25(10-8-23)30-15-13-21(19-31)14-16-30/h2-12,18-21,28-29,32H,13-17H2,1H3/t20-,28+,29+/m0/s1. The van der Waals surface area contributed by atoms with Crippen molar-refractivity contribution in [3.63, 3.8) is 0 Å². The van der Waals surface area contributed by atoms with Crippen molar-refractivity contribution in [1.29, 1.82) is 0 Å². The van der Waals surface area contributed by atoms with Gasteiger partial charge in [-0.2, -0.15) is 0 Å². The first kappa shape index (κ1) is 20.8. The number of hydrogen-bond acceptors (Lipinski definition) is 3. The topological polar surface area (TPSA) is 40.5 Å². The number of fused-ring (bicyclic) bond motifs is 1. The number of hydrogen-bond donors (Lipinski definition) is 1. The molecule has 0 amide bonds. The van der Waals surface area contributed by atoms with Gasteiger partial charge in [0.15, 0.2) is 0 Å². The molecule has 0 spiro atoms. The van der Waals surface area contributed by atoms with Gasteiger partial charge in [0.2, 0.25) is 0 Å². The van der Waals surface area contributed by atoms with Crippen LogP contribution in [0.1, 0.15) is 53.9 Å². The van der Waals surface area contributed by atoms with E-state index in [0.29, 0.717) is 17.6 Å². The molecule has 3 nitrogen and oxygen atoms in total. The highest BCUT2D eigenvalue weighted by Crippen LogP contribution is 2.49. The van der Waals surface area contributed by atoms with Crippen LogP contribution in [0.4, 0.5) is 5.69 Å². The summed E-state index contributed by atoms with van der Waals surface area (Å²) in [6.45, 7) is 4.22. The molecular weight excluding hydrogens is 394 g/mol. The molecular formula is C29H31NO2. The molecule has 3 aromatic carbocycles. The number of phenolic OH excluding ortho intramolecular Hbond substituents is 1. The van der Waals surface area contributed by atoms with Crippen LogP contribution in [-0.2, 0) is 11.2 Å². The van der Waals surface area contributed by atoms with Gasteiger partial charge in [0.05, 0.1) is 0 Å². The fourth-order valence-electron chi connectivity index (χ4n) is 5.84. The zero-order valence-electron chi connectivity index (χ0n) is 18.7.